The summed E-state index contributed by atoms with van der Waals surface area (Å²) in [7, 11) is 1.88. The van der Waals surface area contributed by atoms with Crippen LogP contribution in [0, 0.1) is 0 Å². The van der Waals surface area contributed by atoms with Crippen LogP contribution >= 0.6 is 0 Å². The van der Waals surface area contributed by atoms with Crippen molar-refractivity contribution in [3.8, 4) is 11.5 Å². The van der Waals surface area contributed by atoms with Crippen LogP contribution < -0.4 is 5.73 Å². The minimum absolute atomic E-state index is 0.154. The van der Waals surface area contributed by atoms with Gasteiger partial charge in [-0.1, -0.05) is 6.92 Å². The smallest absolute Gasteiger partial charge is 0.180 e. The number of aryl methyl sites for hydroxylation is 1. The van der Waals surface area contributed by atoms with E-state index >= 15 is 0 Å². The Morgan fingerprint density at radius 3 is 2.88 bits per heavy atom. The lowest BCUT2D eigenvalue weighted by molar-refractivity contribution is 0.636. The van der Waals surface area contributed by atoms with Gasteiger partial charge in [-0.15, -0.1) is 0 Å². The Balaban J connectivity index is 2.22. The fourth-order valence-corrected chi connectivity index (χ4v) is 1.58. The van der Waals surface area contributed by atoms with Crippen LogP contribution in [0.2, 0.25) is 0 Å². The number of hydrogen-bond acceptors (Lipinski definition) is 4. The molecule has 0 aliphatic carbocycles. The van der Waals surface area contributed by atoms with Gasteiger partial charge in [-0.25, -0.2) is 9.97 Å². The number of nitrogens with two attached hydrogens (primary N) is 1. The zero-order valence-electron chi connectivity index (χ0n) is 10.2. The van der Waals surface area contributed by atoms with Gasteiger partial charge in [0.15, 0.2) is 5.82 Å². The largest absolute Gasteiger partial charge is 0.327 e. The highest BCUT2D eigenvalue weighted by Crippen LogP contribution is 2.12. The lowest BCUT2D eigenvalue weighted by Crippen LogP contribution is -2.22. The number of nitrogens with zero attached hydrogens (tertiary/aromatic N) is 4. The lowest BCUT2D eigenvalue weighted by Gasteiger charge is -2.07. The van der Waals surface area contributed by atoms with E-state index < -0.39 is 0 Å². The summed E-state index contributed by atoms with van der Waals surface area (Å²) in [6.45, 7) is 2.07. The van der Waals surface area contributed by atoms with Gasteiger partial charge in [0.25, 0.3) is 0 Å². The highest BCUT2D eigenvalue weighted by atomic mass is 15.3. The molecular weight excluding hydrogens is 214 g/mol. The van der Waals surface area contributed by atoms with Crippen molar-refractivity contribution in [3.05, 3.63) is 30.2 Å². The summed E-state index contributed by atoms with van der Waals surface area (Å²) < 4.78 is 1.74. The van der Waals surface area contributed by atoms with Crippen LogP contribution in [0.4, 0.5) is 0 Å². The quantitative estimate of drug-likeness (QED) is 0.857. The van der Waals surface area contributed by atoms with Crippen LogP contribution in [0.3, 0.4) is 0 Å². The number of rotatable bonds is 4. The van der Waals surface area contributed by atoms with Gasteiger partial charge < -0.3 is 5.73 Å². The van der Waals surface area contributed by atoms with E-state index in [1.54, 1.807) is 10.9 Å². The van der Waals surface area contributed by atoms with Gasteiger partial charge in [-0.05, 0) is 18.6 Å². The summed E-state index contributed by atoms with van der Waals surface area (Å²) in [5, 5.41) is 4.28. The molecule has 0 aromatic carbocycles. The third-order valence-corrected chi connectivity index (χ3v) is 2.65. The summed E-state index contributed by atoms with van der Waals surface area (Å²) in [5.41, 5.74) is 7.68. The molecule has 1 atom stereocenters. The average molecular weight is 231 g/mol. The molecule has 5 heteroatoms. The van der Waals surface area contributed by atoms with Crippen molar-refractivity contribution < 1.29 is 0 Å². The first-order chi connectivity index (χ1) is 8.19. The number of hydrogen-bond donors (Lipinski definition) is 1. The SMILES string of the molecule is CCC(N)Cc1ccnc(-c2ccn(C)n2)n1. The van der Waals surface area contributed by atoms with Crippen LogP contribution in [0.5, 0.6) is 0 Å². The molecule has 1 unspecified atom stereocenters. The Hall–Kier alpha value is -1.75. The van der Waals surface area contributed by atoms with E-state index in [0.717, 1.165) is 24.2 Å². The monoisotopic (exact) mass is 231 g/mol. The maximum atomic E-state index is 5.92. The maximum Gasteiger partial charge on any atom is 0.180 e. The minimum atomic E-state index is 0.154. The molecule has 5 nitrogen and oxygen atoms in total. The predicted octanol–water partition coefficient (Wildman–Crippen LogP) is 1.16. The second-order valence-corrected chi connectivity index (χ2v) is 4.12. The highest BCUT2D eigenvalue weighted by Gasteiger charge is 2.07. The Kier molecular flexibility index (Phi) is 3.49. The van der Waals surface area contributed by atoms with Gasteiger partial charge in [-0.3, -0.25) is 4.68 Å². The molecule has 0 amide bonds. The first-order valence-electron chi connectivity index (χ1n) is 5.76. The van der Waals surface area contributed by atoms with Crippen molar-refractivity contribution in [2.45, 2.75) is 25.8 Å². The average Bonchev–Trinajstić information content (AvgIpc) is 2.76. The minimum Gasteiger partial charge on any atom is -0.327 e. The topological polar surface area (TPSA) is 69.6 Å². The molecule has 0 saturated heterocycles. The summed E-state index contributed by atoms with van der Waals surface area (Å²) >= 11 is 0. The van der Waals surface area contributed by atoms with E-state index in [-0.39, 0.29) is 6.04 Å². The molecule has 0 aliphatic rings. The van der Waals surface area contributed by atoms with Crippen LogP contribution in [0.15, 0.2) is 24.5 Å². The first-order valence-corrected chi connectivity index (χ1v) is 5.76. The molecule has 90 valence electrons. The molecule has 0 saturated carbocycles. The molecule has 0 aliphatic heterocycles. The molecule has 0 radical (unpaired) electrons. The van der Waals surface area contributed by atoms with E-state index in [1.807, 2.05) is 25.4 Å². The highest BCUT2D eigenvalue weighted by molar-refractivity contribution is 5.47. The zero-order chi connectivity index (χ0) is 12.3. The predicted molar refractivity (Wildman–Crippen MR) is 66.2 cm³/mol. The van der Waals surface area contributed by atoms with Crippen molar-refractivity contribution >= 4 is 0 Å². The standard InChI is InChI=1S/C12H17N5/c1-3-9(13)8-10-4-6-14-12(15-10)11-5-7-17(2)16-11/h4-7,9H,3,8,13H2,1-2H3. The van der Waals surface area contributed by atoms with Crippen LogP contribution in [-0.2, 0) is 13.5 Å². The fraction of sp³-hybridized carbons (Fsp3) is 0.417. The first kappa shape index (κ1) is 11.7. The summed E-state index contributed by atoms with van der Waals surface area (Å²) in [6.07, 6.45) is 5.36. The summed E-state index contributed by atoms with van der Waals surface area (Å²) in [5.74, 6) is 0.659. The molecule has 2 heterocycles. The van der Waals surface area contributed by atoms with Crippen LogP contribution in [-0.4, -0.2) is 25.8 Å². The lowest BCUT2D eigenvalue weighted by atomic mass is 10.1. The molecule has 2 aromatic heterocycles. The second-order valence-electron chi connectivity index (χ2n) is 4.12. The van der Waals surface area contributed by atoms with E-state index in [9.17, 15) is 0 Å². The van der Waals surface area contributed by atoms with Crippen molar-refractivity contribution in [3.63, 3.8) is 0 Å². The third-order valence-electron chi connectivity index (χ3n) is 2.65. The molecular formula is C12H17N5. The van der Waals surface area contributed by atoms with E-state index in [4.69, 9.17) is 5.73 Å². The molecule has 2 N–H and O–H groups in total. The van der Waals surface area contributed by atoms with Gasteiger partial charge in [0.2, 0.25) is 0 Å². The maximum absolute atomic E-state index is 5.92. The van der Waals surface area contributed by atoms with Gasteiger partial charge in [0, 0.05) is 37.6 Å². The van der Waals surface area contributed by atoms with Crippen LogP contribution in [0.1, 0.15) is 19.0 Å². The molecule has 0 bridgehead atoms. The molecule has 17 heavy (non-hydrogen) atoms. The third kappa shape index (κ3) is 2.88. The van der Waals surface area contributed by atoms with Crippen LogP contribution in [0.25, 0.3) is 11.5 Å². The zero-order valence-corrected chi connectivity index (χ0v) is 10.2. The fourth-order valence-electron chi connectivity index (χ4n) is 1.58. The molecule has 2 rings (SSSR count). The number of aromatic nitrogens is 4. The Labute approximate surface area is 101 Å². The normalized spacial score (nSPS) is 12.6. The molecule has 0 fully saturated rings. The summed E-state index contributed by atoms with van der Waals surface area (Å²) in [6, 6.07) is 3.96. The van der Waals surface area contributed by atoms with Crippen molar-refractivity contribution in [2.24, 2.45) is 12.8 Å². The van der Waals surface area contributed by atoms with E-state index in [1.165, 1.54) is 0 Å². The molecule has 2 aromatic rings. The molecule has 0 spiro atoms. The van der Waals surface area contributed by atoms with E-state index in [0.29, 0.717) is 5.82 Å². The van der Waals surface area contributed by atoms with Gasteiger partial charge >= 0.3 is 0 Å². The van der Waals surface area contributed by atoms with Gasteiger partial charge in [-0.2, -0.15) is 5.10 Å². The van der Waals surface area contributed by atoms with Crippen molar-refractivity contribution in [2.75, 3.05) is 0 Å². The van der Waals surface area contributed by atoms with Gasteiger partial charge in [0.05, 0.1) is 0 Å². The van der Waals surface area contributed by atoms with Gasteiger partial charge in [0.1, 0.15) is 5.69 Å². The second kappa shape index (κ2) is 5.05. The Morgan fingerprint density at radius 2 is 2.24 bits per heavy atom. The summed E-state index contributed by atoms with van der Waals surface area (Å²) in [4.78, 5) is 8.71. The van der Waals surface area contributed by atoms with E-state index in [2.05, 4.69) is 22.0 Å². The Bertz CT molecular complexity index is 491. The van der Waals surface area contributed by atoms with Crippen molar-refractivity contribution in [1.29, 1.82) is 0 Å². The Morgan fingerprint density at radius 1 is 1.41 bits per heavy atom. The van der Waals surface area contributed by atoms with Crippen molar-refractivity contribution in [1.82, 2.24) is 19.7 Å².